The maximum atomic E-state index is 12.0. The first-order valence-corrected chi connectivity index (χ1v) is 12.2. The molecule has 0 radical (unpaired) electrons. The second-order valence-electron chi connectivity index (χ2n) is 7.22. The summed E-state index contributed by atoms with van der Waals surface area (Å²) < 4.78 is 30.3. The molecule has 1 saturated heterocycles. The molecule has 3 aromatic heterocycles. The molecular weight excluding hydrogens is 424 g/mol. The molecule has 0 bridgehead atoms. The molecule has 3 N–H and O–H groups in total. The van der Waals surface area contributed by atoms with Crippen molar-refractivity contribution in [1.82, 2.24) is 20.2 Å². The van der Waals surface area contributed by atoms with Crippen LogP contribution in [0.5, 0.6) is 0 Å². The normalized spacial score (nSPS) is 16.4. The van der Waals surface area contributed by atoms with Crippen molar-refractivity contribution < 1.29 is 13.2 Å². The molecule has 1 unspecified atom stereocenters. The maximum Gasteiger partial charge on any atom is 0.168 e. The number of ether oxygens (including phenoxy) is 1. The Bertz CT molecular complexity index is 1340. The van der Waals surface area contributed by atoms with Crippen LogP contribution in [0.1, 0.15) is 10.3 Å². The van der Waals surface area contributed by atoms with Gasteiger partial charge in [-0.1, -0.05) is 12.1 Å². The fourth-order valence-corrected chi connectivity index (χ4v) is 5.71. The van der Waals surface area contributed by atoms with Gasteiger partial charge in [0.25, 0.3) is 0 Å². The number of nitrogens with one attached hydrogen (secondary N) is 1. The minimum absolute atomic E-state index is 0.551. The van der Waals surface area contributed by atoms with Gasteiger partial charge in [0.2, 0.25) is 0 Å². The number of nitrogens with two attached hydrogens (primary N) is 1. The van der Waals surface area contributed by atoms with Crippen LogP contribution in [-0.4, -0.2) is 61.1 Å². The Morgan fingerprint density at radius 3 is 2.83 bits per heavy atom. The predicted molar refractivity (Wildman–Crippen MR) is 117 cm³/mol. The number of hydrogen-bond donors (Lipinski definition) is 2. The van der Waals surface area contributed by atoms with E-state index in [1.807, 2.05) is 18.2 Å². The van der Waals surface area contributed by atoms with E-state index in [4.69, 9.17) is 20.4 Å². The van der Waals surface area contributed by atoms with Gasteiger partial charge >= 0.3 is 0 Å². The van der Waals surface area contributed by atoms with Gasteiger partial charge in [-0.25, -0.2) is 18.4 Å². The van der Waals surface area contributed by atoms with E-state index in [1.54, 1.807) is 12.3 Å². The number of morpholine rings is 1. The van der Waals surface area contributed by atoms with Crippen molar-refractivity contribution >= 4 is 48.1 Å². The first-order chi connectivity index (χ1) is 14.4. The fourth-order valence-electron chi connectivity index (χ4n) is 3.56. The van der Waals surface area contributed by atoms with Crippen LogP contribution >= 0.6 is 11.3 Å². The van der Waals surface area contributed by atoms with Gasteiger partial charge in [-0.2, -0.15) is 5.10 Å². The number of anilines is 1. The fraction of sp³-hybridized carbons (Fsp3) is 0.316. The maximum absolute atomic E-state index is 12.0. The lowest BCUT2D eigenvalue weighted by Crippen LogP contribution is -2.36. The molecule has 0 saturated carbocycles. The number of fused-ring (bicyclic) bond motifs is 2. The lowest BCUT2D eigenvalue weighted by molar-refractivity contribution is 0.122. The summed E-state index contributed by atoms with van der Waals surface area (Å²) in [7, 11) is -3.43. The standard InChI is InChI=1S/C19H20N6O3S2/c1-30(26,27)17(20)15-9-14-16(29-15)19(25-5-7-28-8-6-25)23-18(22-14)11-3-2-4-13-12(11)10-21-24-13/h2-4,9-10,17H,5-8,20H2,1H3,(H,21,24). The smallest absolute Gasteiger partial charge is 0.168 e. The van der Waals surface area contributed by atoms with Crippen molar-refractivity contribution in [2.75, 3.05) is 37.5 Å². The first kappa shape index (κ1) is 19.4. The average Bonchev–Trinajstić information content (AvgIpc) is 3.39. The number of sulfone groups is 1. The van der Waals surface area contributed by atoms with Crippen LogP contribution in [0.3, 0.4) is 0 Å². The van der Waals surface area contributed by atoms with E-state index in [1.165, 1.54) is 11.3 Å². The third-order valence-corrected chi connectivity index (χ3v) is 7.68. The molecule has 1 aliphatic heterocycles. The minimum atomic E-state index is -3.43. The van der Waals surface area contributed by atoms with Gasteiger partial charge in [-0.3, -0.25) is 5.10 Å². The Hall–Kier alpha value is -2.60. The summed E-state index contributed by atoms with van der Waals surface area (Å²) in [4.78, 5) is 12.4. The molecule has 1 atom stereocenters. The molecule has 0 spiro atoms. The highest BCUT2D eigenvalue weighted by atomic mass is 32.2. The minimum Gasteiger partial charge on any atom is -0.378 e. The van der Waals surface area contributed by atoms with E-state index < -0.39 is 15.2 Å². The topological polar surface area (TPSA) is 127 Å². The quantitative estimate of drug-likeness (QED) is 0.490. The van der Waals surface area contributed by atoms with Crippen LogP contribution < -0.4 is 10.6 Å². The number of aromatic amines is 1. The lowest BCUT2D eigenvalue weighted by atomic mass is 10.1. The summed E-state index contributed by atoms with van der Waals surface area (Å²) in [5.74, 6) is 1.34. The van der Waals surface area contributed by atoms with E-state index in [0.29, 0.717) is 42.5 Å². The molecule has 156 valence electrons. The summed E-state index contributed by atoms with van der Waals surface area (Å²) in [6.45, 7) is 2.62. The average molecular weight is 445 g/mol. The number of H-pyrrole nitrogens is 1. The summed E-state index contributed by atoms with van der Waals surface area (Å²) in [5, 5.41) is 6.93. The third kappa shape index (κ3) is 3.33. The zero-order chi connectivity index (χ0) is 20.9. The molecule has 5 rings (SSSR count). The molecular formula is C19H20N6O3S2. The molecule has 1 fully saturated rings. The zero-order valence-electron chi connectivity index (χ0n) is 16.2. The summed E-state index contributed by atoms with van der Waals surface area (Å²) in [6.07, 6.45) is 2.90. The van der Waals surface area contributed by atoms with E-state index in [-0.39, 0.29) is 0 Å². The Morgan fingerprint density at radius 2 is 2.07 bits per heavy atom. The van der Waals surface area contributed by atoms with Gasteiger partial charge in [0.15, 0.2) is 21.5 Å². The van der Waals surface area contributed by atoms with Crippen molar-refractivity contribution in [3.63, 3.8) is 0 Å². The van der Waals surface area contributed by atoms with Gasteiger partial charge in [-0.05, 0) is 12.1 Å². The van der Waals surface area contributed by atoms with Crippen LogP contribution in [0.25, 0.3) is 32.5 Å². The molecule has 1 aliphatic rings. The lowest BCUT2D eigenvalue weighted by Gasteiger charge is -2.28. The Labute approximate surface area is 176 Å². The van der Waals surface area contributed by atoms with Gasteiger partial charge in [0.1, 0.15) is 5.37 Å². The number of rotatable bonds is 4. The van der Waals surface area contributed by atoms with Gasteiger partial charge in [0.05, 0.1) is 35.1 Å². The van der Waals surface area contributed by atoms with E-state index in [9.17, 15) is 8.42 Å². The predicted octanol–water partition coefficient (Wildman–Crippen LogP) is 2.07. The van der Waals surface area contributed by atoms with Crippen molar-refractivity contribution in [2.45, 2.75) is 5.37 Å². The van der Waals surface area contributed by atoms with Crippen molar-refractivity contribution in [2.24, 2.45) is 5.73 Å². The first-order valence-electron chi connectivity index (χ1n) is 9.43. The summed E-state index contributed by atoms with van der Waals surface area (Å²) >= 11 is 1.33. The van der Waals surface area contributed by atoms with Crippen molar-refractivity contribution in [3.8, 4) is 11.4 Å². The van der Waals surface area contributed by atoms with E-state index in [2.05, 4.69) is 15.1 Å². The van der Waals surface area contributed by atoms with Crippen LogP contribution in [0.15, 0.2) is 30.5 Å². The van der Waals surface area contributed by atoms with Crippen LogP contribution in [0.2, 0.25) is 0 Å². The van der Waals surface area contributed by atoms with Gasteiger partial charge in [-0.15, -0.1) is 11.3 Å². The van der Waals surface area contributed by atoms with Gasteiger partial charge in [0, 0.05) is 35.2 Å². The highest BCUT2D eigenvalue weighted by molar-refractivity contribution is 7.91. The van der Waals surface area contributed by atoms with Crippen LogP contribution in [0.4, 0.5) is 5.82 Å². The van der Waals surface area contributed by atoms with Gasteiger partial charge < -0.3 is 15.4 Å². The molecule has 4 heterocycles. The molecule has 4 aromatic rings. The Balaban J connectivity index is 1.73. The van der Waals surface area contributed by atoms with Crippen molar-refractivity contribution in [1.29, 1.82) is 0 Å². The SMILES string of the molecule is CS(=O)(=O)C(N)c1cc2nc(-c3cccc4[nH]ncc34)nc(N3CCOCC3)c2s1. The monoisotopic (exact) mass is 444 g/mol. The number of hydrogen-bond acceptors (Lipinski definition) is 9. The number of thiophene rings is 1. The van der Waals surface area contributed by atoms with E-state index in [0.717, 1.165) is 33.2 Å². The molecule has 0 aliphatic carbocycles. The van der Waals surface area contributed by atoms with Crippen molar-refractivity contribution in [3.05, 3.63) is 35.3 Å². The zero-order valence-corrected chi connectivity index (χ0v) is 17.8. The highest BCUT2D eigenvalue weighted by Crippen LogP contribution is 2.38. The second kappa shape index (κ2) is 7.27. The highest BCUT2D eigenvalue weighted by Gasteiger charge is 2.25. The Kier molecular flexibility index (Phi) is 4.69. The molecule has 9 nitrogen and oxygen atoms in total. The number of nitrogens with zero attached hydrogens (tertiary/aromatic N) is 4. The second-order valence-corrected chi connectivity index (χ2v) is 10.5. The largest absolute Gasteiger partial charge is 0.378 e. The summed E-state index contributed by atoms with van der Waals surface area (Å²) in [5.41, 5.74) is 8.44. The van der Waals surface area contributed by atoms with E-state index >= 15 is 0 Å². The molecule has 11 heteroatoms. The summed E-state index contributed by atoms with van der Waals surface area (Å²) in [6, 6.07) is 7.59. The van der Waals surface area contributed by atoms with Crippen LogP contribution in [-0.2, 0) is 14.6 Å². The molecule has 30 heavy (non-hydrogen) atoms. The molecule has 0 amide bonds. The Morgan fingerprint density at radius 1 is 1.27 bits per heavy atom. The molecule has 1 aromatic carbocycles. The third-order valence-electron chi connectivity index (χ3n) is 5.15. The van der Waals surface area contributed by atoms with Crippen LogP contribution in [0, 0.1) is 0 Å². The number of aromatic nitrogens is 4. The number of benzene rings is 1.